The molecule has 6 nitrogen and oxygen atoms in total. The highest BCUT2D eigenvalue weighted by molar-refractivity contribution is 6.18. The molecule has 0 bridgehead atoms. The maximum absolute atomic E-state index is 6.51. The van der Waals surface area contributed by atoms with Gasteiger partial charge < -0.3 is 8.83 Å². The Balaban J connectivity index is 1.19. The number of para-hydroxylation sites is 1. The minimum absolute atomic E-state index is 0.484. The number of aromatic nitrogens is 4. The molecule has 0 aliphatic carbocycles. The van der Waals surface area contributed by atoms with Gasteiger partial charge in [-0.2, -0.15) is 0 Å². The van der Waals surface area contributed by atoms with Crippen molar-refractivity contribution >= 4 is 33.0 Å². The van der Waals surface area contributed by atoms with Crippen molar-refractivity contribution in [2.45, 2.75) is 0 Å². The fourth-order valence-electron chi connectivity index (χ4n) is 6.82. The third kappa shape index (κ3) is 5.22. The van der Waals surface area contributed by atoms with E-state index in [0.29, 0.717) is 40.0 Å². The Morgan fingerprint density at radius 3 is 1.40 bits per heavy atom. The van der Waals surface area contributed by atoms with Gasteiger partial charge in [0.2, 0.25) is 5.89 Å². The second-order valence-corrected chi connectivity index (χ2v) is 12.6. The van der Waals surface area contributed by atoms with Crippen LogP contribution >= 0.6 is 0 Å². The molecule has 0 atom stereocenters. The number of rotatable bonds is 6. The average Bonchev–Trinajstić information content (AvgIpc) is 3.82. The molecule has 0 fully saturated rings. The summed E-state index contributed by atoms with van der Waals surface area (Å²) in [6.45, 7) is 0. The molecule has 3 heterocycles. The topological polar surface area (TPSA) is 77.8 Å². The van der Waals surface area contributed by atoms with Gasteiger partial charge in [0, 0.05) is 33.5 Å². The summed E-state index contributed by atoms with van der Waals surface area (Å²) in [5.74, 6) is 2.10. The van der Waals surface area contributed by atoms with Crippen LogP contribution in [0.1, 0.15) is 0 Å². The van der Waals surface area contributed by atoms with Crippen LogP contribution in [0.3, 0.4) is 0 Å². The Bertz CT molecular complexity index is 2860. The summed E-state index contributed by atoms with van der Waals surface area (Å²) in [6.07, 6.45) is 0. The van der Waals surface area contributed by atoms with Crippen molar-refractivity contribution in [1.82, 2.24) is 19.9 Å². The highest BCUT2D eigenvalue weighted by Gasteiger charge is 2.24. The lowest BCUT2D eigenvalue weighted by Crippen LogP contribution is -2.01. The van der Waals surface area contributed by atoms with Crippen LogP contribution in [-0.2, 0) is 0 Å². The minimum atomic E-state index is 0.484. The molecule has 0 aliphatic heterocycles. The fourth-order valence-corrected chi connectivity index (χ4v) is 6.82. The second-order valence-electron chi connectivity index (χ2n) is 12.6. The van der Waals surface area contributed by atoms with Crippen molar-refractivity contribution in [3.63, 3.8) is 0 Å². The van der Waals surface area contributed by atoms with Crippen molar-refractivity contribution in [1.29, 1.82) is 0 Å². The molecule has 6 heteroatoms. The molecule has 10 aromatic rings. The van der Waals surface area contributed by atoms with Crippen molar-refractivity contribution in [2.75, 3.05) is 0 Å². The maximum Gasteiger partial charge on any atom is 0.227 e. The molecule has 0 unspecified atom stereocenters. The number of furan rings is 1. The van der Waals surface area contributed by atoms with E-state index in [2.05, 4.69) is 66.7 Å². The van der Waals surface area contributed by atoms with Crippen LogP contribution in [0.15, 0.2) is 179 Å². The average molecular weight is 669 g/mol. The molecule has 0 spiro atoms. The van der Waals surface area contributed by atoms with E-state index in [1.165, 1.54) is 0 Å². The van der Waals surface area contributed by atoms with Gasteiger partial charge in [0.1, 0.15) is 16.7 Å². The molecule has 244 valence electrons. The van der Waals surface area contributed by atoms with E-state index >= 15 is 0 Å². The SMILES string of the molecule is c1ccc(-c2ccc(-c3nc(-c4ccccc4)nc(-c4c5nc(-c6ccc(-c7ccccc7)cc6)oc5cc5oc6ccccc6c45)n3)cc2)cc1. The van der Waals surface area contributed by atoms with Gasteiger partial charge in [-0.05, 0) is 40.5 Å². The summed E-state index contributed by atoms with van der Waals surface area (Å²) in [6, 6.07) is 57.1. The van der Waals surface area contributed by atoms with Crippen molar-refractivity contribution in [2.24, 2.45) is 0 Å². The molecular weight excluding hydrogens is 641 g/mol. The van der Waals surface area contributed by atoms with Crippen molar-refractivity contribution in [3.05, 3.63) is 170 Å². The van der Waals surface area contributed by atoms with Crippen molar-refractivity contribution in [3.8, 4) is 67.9 Å². The largest absolute Gasteiger partial charge is 0.456 e. The van der Waals surface area contributed by atoms with Gasteiger partial charge in [0.15, 0.2) is 23.1 Å². The summed E-state index contributed by atoms with van der Waals surface area (Å²) in [4.78, 5) is 20.5. The lowest BCUT2D eigenvalue weighted by molar-refractivity contribution is 0.617. The summed E-state index contributed by atoms with van der Waals surface area (Å²) >= 11 is 0. The molecule has 52 heavy (non-hydrogen) atoms. The zero-order valence-electron chi connectivity index (χ0n) is 27.8. The predicted molar refractivity (Wildman–Crippen MR) is 207 cm³/mol. The number of benzene rings is 7. The summed E-state index contributed by atoms with van der Waals surface area (Å²) < 4.78 is 12.9. The molecule has 0 saturated heterocycles. The number of hydrogen-bond donors (Lipinski definition) is 0. The predicted octanol–water partition coefficient (Wildman–Crippen LogP) is 11.9. The standard InChI is InChI=1S/C46H28N4O2/c1-4-12-29(13-5-1)31-20-24-34(25-21-31)44-48-43(33-16-8-3-9-17-33)49-45(50-44)41-40-36-18-10-11-19-37(36)51-38(40)28-39-42(41)47-46(52-39)35-26-22-32(23-27-35)30-14-6-2-7-15-30/h1-28H. The van der Waals surface area contributed by atoms with Gasteiger partial charge in [-0.1, -0.05) is 146 Å². The van der Waals surface area contributed by atoms with E-state index in [4.69, 9.17) is 28.8 Å². The highest BCUT2D eigenvalue weighted by Crippen LogP contribution is 2.42. The second kappa shape index (κ2) is 12.3. The zero-order valence-corrected chi connectivity index (χ0v) is 27.8. The minimum Gasteiger partial charge on any atom is -0.456 e. The van der Waals surface area contributed by atoms with Crippen LogP contribution in [0.5, 0.6) is 0 Å². The lowest BCUT2D eigenvalue weighted by atomic mass is 10.0. The third-order valence-corrected chi connectivity index (χ3v) is 9.41. The summed E-state index contributed by atoms with van der Waals surface area (Å²) in [5, 5.41) is 1.82. The van der Waals surface area contributed by atoms with Crippen LogP contribution in [0.4, 0.5) is 0 Å². The molecule has 0 saturated carbocycles. The van der Waals surface area contributed by atoms with Crippen LogP contribution in [-0.4, -0.2) is 19.9 Å². The van der Waals surface area contributed by atoms with Crippen LogP contribution in [0.2, 0.25) is 0 Å². The normalized spacial score (nSPS) is 11.5. The first kappa shape index (κ1) is 29.7. The first-order valence-corrected chi connectivity index (χ1v) is 17.1. The monoisotopic (exact) mass is 668 g/mol. The van der Waals surface area contributed by atoms with Gasteiger partial charge in [0.05, 0.1) is 5.56 Å². The first-order chi connectivity index (χ1) is 25.7. The van der Waals surface area contributed by atoms with Crippen LogP contribution in [0, 0.1) is 0 Å². The third-order valence-electron chi connectivity index (χ3n) is 9.41. The molecule has 0 amide bonds. The summed E-state index contributed by atoms with van der Waals surface area (Å²) in [5.41, 5.74) is 10.5. The molecule has 0 radical (unpaired) electrons. The van der Waals surface area contributed by atoms with Gasteiger partial charge in [-0.3, -0.25) is 0 Å². The maximum atomic E-state index is 6.51. The Morgan fingerprint density at radius 1 is 0.327 bits per heavy atom. The van der Waals surface area contributed by atoms with Crippen LogP contribution < -0.4 is 0 Å². The number of fused-ring (bicyclic) bond motifs is 4. The van der Waals surface area contributed by atoms with Gasteiger partial charge in [0.25, 0.3) is 0 Å². The van der Waals surface area contributed by atoms with Crippen LogP contribution in [0.25, 0.3) is 101 Å². The number of nitrogens with zero attached hydrogens (tertiary/aromatic N) is 4. The van der Waals surface area contributed by atoms with E-state index in [0.717, 1.165) is 60.9 Å². The number of hydrogen-bond acceptors (Lipinski definition) is 6. The van der Waals surface area contributed by atoms with E-state index < -0.39 is 0 Å². The van der Waals surface area contributed by atoms with E-state index in [-0.39, 0.29) is 0 Å². The molecule has 7 aromatic carbocycles. The molecule has 0 N–H and O–H groups in total. The van der Waals surface area contributed by atoms with Gasteiger partial charge in [-0.15, -0.1) is 0 Å². The molecule has 10 rings (SSSR count). The number of oxazole rings is 1. The fraction of sp³-hybridized carbons (Fsp3) is 0. The molecule has 3 aromatic heterocycles. The smallest absolute Gasteiger partial charge is 0.227 e. The van der Waals surface area contributed by atoms with E-state index in [1.54, 1.807) is 0 Å². The lowest BCUT2D eigenvalue weighted by Gasteiger charge is -2.10. The Hall–Kier alpha value is -7.18. The van der Waals surface area contributed by atoms with E-state index in [1.807, 2.05) is 103 Å². The quantitative estimate of drug-likeness (QED) is 0.175. The van der Waals surface area contributed by atoms with Crippen molar-refractivity contribution < 1.29 is 8.83 Å². The summed E-state index contributed by atoms with van der Waals surface area (Å²) in [7, 11) is 0. The van der Waals surface area contributed by atoms with Gasteiger partial charge >= 0.3 is 0 Å². The van der Waals surface area contributed by atoms with E-state index in [9.17, 15) is 0 Å². The molecule has 0 aliphatic rings. The Kier molecular flexibility index (Phi) is 7.03. The molecular formula is C46H28N4O2. The van der Waals surface area contributed by atoms with Gasteiger partial charge in [-0.25, -0.2) is 19.9 Å². The Labute approximate surface area is 298 Å². The zero-order chi connectivity index (χ0) is 34.4. The highest BCUT2D eigenvalue weighted by atomic mass is 16.4. The first-order valence-electron chi connectivity index (χ1n) is 17.1. The Morgan fingerprint density at radius 2 is 0.788 bits per heavy atom.